The van der Waals surface area contributed by atoms with Crippen LogP contribution in [0.2, 0.25) is 0 Å². The molecule has 0 fully saturated rings. The van der Waals surface area contributed by atoms with Crippen LogP contribution in [0.25, 0.3) is 6.08 Å². The highest BCUT2D eigenvalue weighted by Crippen LogP contribution is 2.36. The molecule has 0 amide bonds. The highest BCUT2D eigenvalue weighted by Gasteiger charge is 2.20. The van der Waals surface area contributed by atoms with Crippen LogP contribution in [0.4, 0.5) is 0 Å². The Morgan fingerprint density at radius 2 is 1.95 bits per heavy atom. The molecule has 0 spiro atoms. The SMILES string of the molecule is CCOC(=O)CC(=Cc1cccc2c1OCO2)C(=O)OCC. The lowest BCUT2D eigenvalue weighted by molar-refractivity contribution is -0.145. The maximum atomic E-state index is 12.0. The predicted molar refractivity (Wildman–Crippen MR) is 78.4 cm³/mol. The van der Waals surface area contributed by atoms with E-state index in [1.165, 1.54) is 0 Å². The van der Waals surface area contributed by atoms with E-state index in [1.54, 1.807) is 38.1 Å². The first kappa shape index (κ1) is 15.9. The largest absolute Gasteiger partial charge is 0.466 e. The lowest BCUT2D eigenvalue weighted by Gasteiger charge is -2.08. The lowest BCUT2D eigenvalue weighted by Crippen LogP contribution is -2.13. The first-order valence-electron chi connectivity index (χ1n) is 7.07. The van der Waals surface area contributed by atoms with E-state index in [-0.39, 0.29) is 32.0 Å². The summed E-state index contributed by atoms with van der Waals surface area (Å²) in [6, 6.07) is 5.33. The average molecular weight is 306 g/mol. The molecule has 1 aliphatic rings. The molecule has 0 aliphatic carbocycles. The van der Waals surface area contributed by atoms with Gasteiger partial charge in [-0.2, -0.15) is 0 Å². The Morgan fingerprint density at radius 3 is 2.68 bits per heavy atom. The van der Waals surface area contributed by atoms with Gasteiger partial charge in [0.2, 0.25) is 6.79 Å². The monoisotopic (exact) mass is 306 g/mol. The summed E-state index contributed by atoms with van der Waals surface area (Å²) >= 11 is 0. The molecular formula is C16H18O6. The van der Waals surface area contributed by atoms with Crippen LogP contribution in [0.15, 0.2) is 23.8 Å². The molecule has 1 aromatic carbocycles. The second kappa shape index (κ2) is 7.49. The molecule has 0 saturated heterocycles. The molecule has 6 nitrogen and oxygen atoms in total. The van der Waals surface area contributed by atoms with Crippen LogP contribution in [-0.2, 0) is 19.1 Å². The van der Waals surface area contributed by atoms with Gasteiger partial charge in [0.05, 0.1) is 19.6 Å². The van der Waals surface area contributed by atoms with Crippen LogP contribution >= 0.6 is 0 Å². The molecule has 0 aromatic heterocycles. The highest BCUT2D eigenvalue weighted by molar-refractivity contribution is 5.98. The van der Waals surface area contributed by atoms with E-state index in [0.717, 1.165) is 0 Å². The van der Waals surface area contributed by atoms with Crippen LogP contribution in [0, 0.1) is 0 Å². The van der Waals surface area contributed by atoms with Crippen molar-refractivity contribution >= 4 is 18.0 Å². The quantitative estimate of drug-likeness (QED) is 0.593. The highest BCUT2D eigenvalue weighted by atomic mass is 16.7. The molecule has 0 bridgehead atoms. The van der Waals surface area contributed by atoms with Gasteiger partial charge in [-0.25, -0.2) is 4.79 Å². The number of rotatable bonds is 6. The molecule has 0 radical (unpaired) electrons. The molecule has 0 saturated carbocycles. The second-order valence-corrected chi connectivity index (χ2v) is 4.45. The van der Waals surface area contributed by atoms with E-state index in [1.807, 2.05) is 0 Å². The summed E-state index contributed by atoms with van der Waals surface area (Å²) in [5.41, 5.74) is 0.867. The normalized spacial score (nSPS) is 12.9. The van der Waals surface area contributed by atoms with E-state index in [2.05, 4.69) is 0 Å². The Hall–Kier alpha value is -2.50. The number of fused-ring (bicyclic) bond motifs is 1. The topological polar surface area (TPSA) is 71.1 Å². The van der Waals surface area contributed by atoms with E-state index in [0.29, 0.717) is 17.1 Å². The van der Waals surface area contributed by atoms with Crippen molar-refractivity contribution in [2.75, 3.05) is 20.0 Å². The minimum absolute atomic E-state index is 0.132. The predicted octanol–water partition coefficient (Wildman–Crippen LogP) is 2.32. The molecule has 0 atom stereocenters. The number of para-hydroxylation sites is 1. The average Bonchev–Trinajstić information content (AvgIpc) is 2.96. The summed E-state index contributed by atoms with van der Waals surface area (Å²) in [6.45, 7) is 4.03. The van der Waals surface area contributed by atoms with Crippen LogP contribution < -0.4 is 9.47 Å². The van der Waals surface area contributed by atoms with Gasteiger partial charge in [-0.15, -0.1) is 0 Å². The first-order chi connectivity index (χ1) is 10.7. The van der Waals surface area contributed by atoms with Gasteiger partial charge in [0.25, 0.3) is 0 Å². The van der Waals surface area contributed by atoms with Crippen LogP contribution in [0.1, 0.15) is 25.8 Å². The summed E-state index contributed by atoms with van der Waals surface area (Å²) in [5, 5.41) is 0. The summed E-state index contributed by atoms with van der Waals surface area (Å²) < 4.78 is 20.6. The van der Waals surface area contributed by atoms with Crippen molar-refractivity contribution in [1.29, 1.82) is 0 Å². The number of ether oxygens (including phenoxy) is 4. The maximum absolute atomic E-state index is 12.0. The zero-order valence-electron chi connectivity index (χ0n) is 12.6. The minimum Gasteiger partial charge on any atom is -0.466 e. The Bertz CT molecular complexity index is 590. The summed E-state index contributed by atoms with van der Waals surface area (Å²) in [6.07, 6.45) is 1.42. The van der Waals surface area contributed by atoms with Gasteiger partial charge in [-0.3, -0.25) is 4.79 Å². The van der Waals surface area contributed by atoms with E-state index < -0.39 is 11.9 Å². The lowest BCUT2D eigenvalue weighted by atomic mass is 10.1. The zero-order chi connectivity index (χ0) is 15.9. The summed E-state index contributed by atoms with van der Waals surface area (Å²) in [5.74, 6) is 0.125. The van der Waals surface area contributed by atoms with Crippen molar-refractivity contribution in [3.05, 3.63) is 29.3 Å². The van der Waals surface area contributed by atoms with Crippen molar-refractivity contribution in [3.8, 4) is 11.5 Å². The second-order valence-electron chi connectivity index (χ2n) is 4.45. The molecule has 6 heteroatoms. The fourth-order valence-electron chi connectivity index (χ4n) is 2.03. The molecule has 22 heavy (non-hydrogen) atoms. The summed E-state index contributed by atoms with van der Waals surface area (Å²) in [7, 11) is 0. The number of carbonyl (C=O) groups excluding carboxylic acids is 2. The Kier molecular flexibility index (Phi) is 5.41. The number of esters is 2. The number of carbonyl (C=O) groups is 2. The van der Waals surface area contributed by atoms with Gasteiger partial charge < -0.3 is 18.9 Å². The minimum atomic E-state index is -0.549. The standard InChI is InChI=1S/C16H18O6/c1-3-19-14(17)9-12(16(18)20-4-2)8-11-6-5-7-13-15(11)22-10-21-13/h5-8H,3-4,9-10H2,1-2H3. The van der Waals surface area contributed by atoms with Crippen molar-refractivity contribution in [2.45, 2.75) is 20.3 Å². The first-order valence-corrected chi connectivity index (χ1v) is 7.07. The molecule has 1 aliphatic heterocycles. The fourth-order valence-corrected chi connectivity index (χ4v) is 2.03. The zero-order valence-corrected chi connectivity index (χ0v) is 12.6. The Labute approximate surface area is 128 Å². The van der Waals surface area contributed by atoms with Crippen LogP contribution in [0.3, 0.4) is 0 Å². The van der Waals surface area contributed by atoms with Crippen molar-refractivity contribution in [3.63, 3.8) is 0 Å². The third-order valence-electron chi connectivity index (χ3n) is 2.93. The summed E-state index contributed by atoms with van der Waals surface area (Å²) in [4.78, 5) is 23.7. The van der Waals surface area contributed by atoms with E-state index in [9.17, 15) is 9.59 Å². The number of benzene rings is 1. The van der Waals surface area contributed by atoms with Gasteiger partial charge in [0.15, 0.2) is 11.5 Å². The van der Waals surface area contributed by atoms with Gasteiger partial charge in [-0.1, -0.05) is 12.1 Å². The molecule has 1 aromatic rings. The van der Waals surface area contributed by atoms with Crippen molar-refractivity contribution in [1.82, 2.24) is 0 Å². The van der Waals surface area contributed by atoms with Crippen LogP contribution in [0.5, 0.6) is 11.5 Å². The fraction of sp³-hybridized carbons (Fsp3) is 0.375. The molecule has 118 valence electrons. The van der Waals surface area contributed by atoms with Gasteiger partial charge >= 0.3 is 11.9 Å². The molecule has 1 heterocycles. The third-order valence-corrected chi connectivity index (χ3v) is 2.93. The molecule has 0 unspecified atom stereocenters. The molecule has 0 N–H and O–H groups in total. The maximum Gasteiger partial charge on any atom is 0.334 e. The van der Waals surface area contributed by atoms with Gasteiger partial charge in [-0.05, 0) is 26.0 Å². The van der Waals surface area contributed by atoms with Gasteiger partial charge in [0.1, 0.15) is 0 Å². The Balaban J connectivity index is 2.29. The third kappa shape index (κ3) is 3.78. The van der Waals surface area contributed by atoms with Crippen molar-refractivity contribution < 1.29 is 28.5 Å². The molecule has 2 rings (SSSR count). The molecular weight excluding hydrogens is 288 g/mol. The van der Waals surface area contributed by atoms with Gasteiger partial charge in [0, 0.05) is 11.1 Å². The van der Waals surface area contributed by atoms with Crippen molar-refractivity contribution in [2.24, 2.45) is 0 Å². The number of hydrogen-bond donors (Lipinski definition) is 0. The Morgan fingerprint density at radius 1 is 1.18 bits per heavy atom. The smallest absolute Gasteiger partial charge is 0.334 e. The van der Waals surface area contributed by atoms with E-state index >= 15 is 0 Å². The van der Waals surface area contributed by atoms with E-state index in [4.69, 9.17) is 18.9 Å². The number of hydrogen-bond acceptors (Lipinski definition) is 6. The van der Waals surface area contributed by atoms with Crippen LogP contribution in [-0.4, -0.2) is 31.9 Å².